The van der Waals surface area contributed by atoms with Gasteiger partial charge in [-0.1, -0.05) is 18.2 Å². The molecule has 43 heavy (non-hydrogen) atoms. The summed E-state index contributed by atoms with van der Waals surface area (Å²) in [5.74, 6) is -3.56. The van der Waals surface area contributed by atoms with Crippen molar-refractivity contribution in [3.63, 3.8) is 0 Å². The van der Waals surface area contributed by atoms with Gasteiger partial charge in [-0.2, -0.15) is 13.2 Å². The van der Waals surface area contributed by atoms with Crippen LogP contribution in [-0.2, 0) is 36.0 Å². The first-order chi connectivity index (χ1) is 20.5. The number of carbonyl (C=O) groups excluding carboxylic acids is 2. The number of carbonyl (C=O) groups is 2. The fourth-order valence-electron chi connectivity index (χ4n) is 6.47. The van der Waals surface area contributed by atoms with E-state index in [2.05, 4.69) is 30.8 Å². The molecule has 3 aliphatic rings. The summed E-state index contributed by atoms with van der Waals surface area (Å²) < 4.78 is 69.9. The van der Waals surface area contributed by atoms with Gasteiger partial charge < -0.3 is 15.2 Å². The maximum atomic E-state index is 14.8. The number of rotatable bonds is 4. The first-order valence-electron chi connectivity index (χ1n) is 13.5. The average molecular weight is 596 g/mol. The topological polar surface area (TPSA) is 115 Å². The molecular weight excluding hydrogens is 573 g/mol. The smallest absolute Gasteiger partial charge is 0.342 e. The number of benzene rings is 1. The molecule has 0 radical (unpaired) electrons. The minimum absolute atomic E-state index is 0.0225. The Kier molecular flexibility index (Phi) is 6.08. The van der Waals surface area contributed by atoms with E-state index in [9.17, 15) is 31.5 Å². The molecule has 0 saturated carbocycles. The van der Waals surface area contributed by atoms with Crippen molar-refractivity contribution < 1.29 is 31.5 Å². The quantitative estimate of drug-likeness (QED) is 0.344. The van der Waals surface area contributed by atoms with Crippen molar-refractivity contribution in [3.05, 3.63) is 100 Å². The van der Waals surface area contributed by atoms with E-state index in [4.69, 9.17) is 0 Å². The second-order valence-electron chi connectivity index (χ2n) is 11.1. The molecule has 1 spiro atoms. The van der Waals surface area contributed by atoms with E-state index >= 15 is 0 Å². The molecule has 0 saturated heterocycles. The van der Waals surface area contributed by atoms with Crippen molar-refractivity contribution in [2.24, 2.45) is 0 Å². The highest BCUT2D eigenvalue weighted by Gasteiger charge is 2.51. The maximum Gasteiger partial charge on any atom is 0.396 e. The van der Waals surface area contributed by atoms with Crippen LogP contribution >= 0.6 is 0 Å². The van der Waals surface area contributed by atoms with Crippen molar-refractivity contribution in [1.82, 2.24) is 30.0 Å². The molecule has 7 rings (SSSR count). The molecule has 2 amide bonds. The Bertz CT molecular complexity index is 1810. The highest BCUT2D eigenvalue weighted by Crippen LogP contribution is 2.46. The van der Waals surface area contributed by atoms with Gasteiger partial charge in [0.05, 0.1) is 17.0 Å². The fourth-order valence-corrected chi connectivity index (χ4v) is 6.47. The first-order valence-corrected chi connectivity index (χ1v) is 13.5. The summed E-state index contributed by atoms with van der Waals surface area (Å²) in [5.41, 5.74) is 1.39. The minimum atomic E-state index is -4.58. The van der Waals surface area contributed by atoms with Crippen LogP contribution < -0.4 is 10.6 Å². The number of alkyl halides is 3. The van der Waals surface area contributed by atoms with Crippen molar-refractivity contribution in [3.8, 4) is 0 Å². The summed E-state index contributed by atoms with van der Waals surface area (Å²) in [7, 11) is 0. The molecule has 1 aromatic carbocycles. The number of pyridine rings is 2. The molecule has 4 aromatic rings. The van der Waals surface area contributed by atoms with Crippen LogP contribution in [0, 0.1) is 11.6 Å². The van der Waals surface area contributed by atoms with E-state index < -0.39 is 53.3 Å². The Morgan fingerprint density at radius 2 is 1.95 bits per heavy atom. The zero-order chi connectivity index (χ0) is 30.1. The summed E-state index contributed by atoms with van der Waals surface area (Å²) in [5, 5.41) is 13.3. The predicted molar refractivity (Wildman–Crippen MR) is 140 cm³/mol. The van der Waals surface area contributed by atoms with Gasteiger partial charge in [0, 0.05) is 42.5 Å². The van der Waals surface area contributed by atoms with Gasteiger partial charge >= 0.3 is 6.18 Å². The third-order valence-corrected chi connectivity index (χ3v) is 8.45. The first kappa shape index (κ1) is 27.1. The van der Waals surface area contributed by atoms with Gasteiger partial charge in [-0.05, 0) is 42.2 Å². The monoisotopic (exact) mass is 595 g/mol. The summed E-state index contributed by atoms with van der Waals surface area (Å²) in [6.45, 7) is -0.124. The van der Waals surface area contributed by atoms with Gasteiger partial charge in [0.25, 0.3) is 5.91 Å². The molecule has 220 valence electrons. The molecule has 5 heterocycles. The summed E-state index contributed by atoms with van der Waals surface area (Å²) in [6.07, 6.45) is -2.31. The molecule has 1 unspecified atom stereocenters. The number of nitrogens with zero attached hydrogens (tertiary/aromatic N) is 5. The lowest BCUT2D eigenvalue weighted by Gasteiger charge is -2.31. The largest absolute Gasteiger partial charge is 0.396 e. The van der Waals surface area contributed by atoms with Gasteiger partial charge in [0.15, 0.2) is 17.5 Å². The standard InChI is InChI=1S/C29H22F5N7O2/c30-19-5-1-3-17(23(19)31)16-8-20(25-40-39-22(41(25)13-16)11-29(32,33)34)37-26(42)15-7-14-9-28(10-21(14)36-12-15)18-4-2-6-35-24(18)38-27(28)43/h1-7,12,16,20H,8-11,13H2,(H,37,42)(H,35,38,43)/t16-,20+,28?/m1/s1. The SMILES string of the molecule is O=C(N[C@H]1C[C@@H](c2cccc(F)c2F)Cn2c(CC(F)(F)F)nnc21)c1cnc2c(c1)CC1(C2)C(=O)Nc2ncccc21. The third-order valence-electron chi connectivity index (χ3n) is 8.45. The van der Waals surface area contributed by atoms with Gasteiger partial charge in [0.1, 0.15) is 18.1 Å². The van der Waals surface area contributed by atoms with Crippen molar-refractivity contribution >= 4 is 17.6 Å². The number of amides is 2. The molecule has 0 fully saturated rings. The van der Waals surface area contributed by atoms with E-state index in [1.54, 1.807) is 18.3 Å². The molecule has 1 aliphatic carbocycles. The van der Waals surface area contributed by atoms with E-state index in [0.29, 0.717) is 29.9 Å². The fraction of sp³-hybridized carbons (Fsp3) is 0.310. The Morgan fingerprint density at radius 3 is 2.77 bits per heavy atom. The highest BCUT2D eigenvalue weighted by molar-refractivity contribution is 6.06. The van der Waals surface area contributed by atoms with Gasteiger partial charge in [-0.15, -0.1) is 10.2 Å². The van der Waals surface area contributed by atoms with Gasteiger partial charge in [-0.25, -0.2) is 13.8 Å². The second-order valence-corrected chi connectivity index (χ2v) is 11.1. The Balaban J connectivity index is 1.18. The lowest BCUT2D eigenvalue weighted by atomic mass is 9.80. The van der Waals surface area contributed by atoms with Crippen molar-refractivity contribution in [1.29, 1.82) is 0 Å². The van der Waals surface area contributed by atoms with Crippen molar-refractivity contribution in [2.45, 2.75) is 55.8 Å². The normalized spacial score (nSPS) is 22.2. The minimum Gasteiger partial charge on any atom is -0.342 e. The van der Waals surface area contributed by atoms with Crippen LogP contribution in [0.15, 0.2) is 48.8 Å². The van der Waals surface area contributed by atoms with E-state index in [1.807, 2.05) is 6.07 Å². The number of hydrogen-bond donors (Lipinski definition) is 2. The van der Waals surface area contributed by atoms with E-state index in [0.717, 1.165) is 11.6 Å². The molecule has 3 aromatic heterocycles. The van der Waals surface area contributed by atoms with Crippen LogP contribution in [0.3, 0.4) is 0 Å². The number of fused-ring (bicyclic) bond motifs is 4. The summed E-state index contributed by atoms with van der Waals surface area (Å²) in [4.78, 5) is 35.2. The molecular formula is C29H22F5N7O2. The summed E-state index contributed by atoms with van der Waals surface area (Å²) >= 11 is 0. The molecule has 2 aliphatic heterocycles. The zero-order valence-electron chi connectivity index (χ0n) is 22.3. The van der Waals surface area contributed by atoms with Crippen LogP contribution in [-0.4, -0.2) is 42.7 Å². The number of nitrogens with one attached hydrogen (secondary N) is 2. The van der Waals surface area contributed by atoms with Gasteiger partial charge in [0.2, 0.25) is 5.91 Å². The average Bonchev–Trinajstić information content (AvgIpc) is 3.63. The van der Waals surface area contributed by atoms with Crippen LogP contribution in [0.25, 0.3) is 0 Å². The lowest BCUT2D eigenvalue weighted by molar-refractivity contribution is -0.129. The number of anilines is 1. The second kappa shape index (κ2) is 9.64. The highest BCUT2D eigenvalue weighted by atomic mass is 19.4. The predicted octanol–water partition coefficient (Wildman–Crippen LogP) is 4.10. The Labute approximate surface area is 240 Å². The Hall–Kier alpha value is -4.75. The molecule has 0 bridgehead atoms. The number of hydrogen-bond acceptors (Lipinski definition) is 6. The van der Waals surface area contributed by atoms with Gasteiger partial charge in [-0.3, -0.25) is 14.6 Å². The van der Waals surface area contributed by atoms with Crippen LogP contribution in [0.4, 0.5) is 27.8 Å². The lowest BCUT2D eigenvalue weighted by Crippen LogP contribution is -2.36. The number of halogens is 5. The number of aromatic nitrogens is 5. The van der Waals surface area contributed by atoms with E-state index in [-0.39, 0.29) is 35.8 Å². The molecule has 3 atom stereocenters. The van der Waals surface area contributed by atoms with Crippen LogP contribution in [0.5, 0.6) is 0 Å². The van der Waals surface area contributed by atoms with Crippen molar-refractivity contribution in [2.75, 3.05) is 5.32 Å². The van der Waals surface area contributed by atoms with E-state index in [1.165, 1.54) is 22.9 Å². The van der Waals surface area contributed by atoms with Crippen LogP contribution in [0.2, 0.25) is 0 Å². The Morgan fingerprint density at radius 1 is 1.12 bits per heavy atom. The molecule has 9 nitrogen and oxygen atoms in total. The summed E-state index contributed by atoms with van der Waals surface area (Å²) in [6, 6.07) is 7.92. The molecule has 14 heteroatoms. The maximum absolute atomic E-state index is 14.8. The zero-order valence-corrected chi connectivity index (χ0v) is 22.3. The third kappa shape index (κ3) is 4.51. The van der Waals surface area contributed by atoms with Crippen LogP contribution in [0.1, 0.15) is 62.8 Å². The molecule has 2 N–H and O–H groups in total.